The average molecular weight is 294 g/mol. The van der Waals surface area contributed by atoms with Gasteiger partial charge in [0.25, 0.3) is 0 Å². The molecular formula is C12H15BrClF. The Morgan fingerprint density at radius 1 is 1.47 bits per heavy atom. The molecule has 3 heteroatoms. The molecule has 84 valence electrons. The van der Waals surface area contributed by atoms with Crippen LogP contribution in [0.3, 0.4) is 0 Å². The monoisotopic (exact) mass is 292 g/mol. The van der Waals surface area contributed by atoms with Crippen LogP contribution in [0, 0.1) is 11.7 Å². The minimum Gasteiger partial charge on any atom is -0.205 e. The summed E-state index contributed by atoms with van der Waals surface area (Å²) < 4.78 is 13.2. The maximum atomic E-state index is 13.2. The highest BCUT2D eigenvalue weighted by atomic mass is 79.9. The summed E-state index contributed by atoms with van der Waals surface area (Å²) in [6, 6.07) is 5.06. The van der Waals surface area contributed by atoms with E-state index < -0.39 is 0 Å². The highest BCUT2D eigenvalue weighted by Gasteiger charge is 2.08. The lowest BCUT2D eigenvalue weighted by Gasteiger charge is -2.12. The van der Waals surface area contributed by atoms with Gasteiger partial charge in [0.2, 0.25) is 0 Å². The third kappa shape index (κ3) is 4.12. The second-order valence-corrected chi connectivity index (χ2v) is 4.82. The van der Waals surface area contributed by atoms with Crippen LogP contribution in [-0.2, 0) is 6.42 Å². The fraction of sp³-hybridized carbons (Fsp3) is 0.500. The second-order valence-electron chi connectivity index (χ2n) is 3.76. The molecule has 0 aliphatic heterocycles. The standard InChI is InChI=1S/C12H15BrClF/c1-2-3-10(8-13)6-9-4-5-11(14)12(15)7-9/h4-5,7,10H,2-3,6,8H2,1H3. The molecule has 1 unspecified atom stereocenters. The first-order valence-electron chi connectivity index (χ1n) is 5.17. The second kappa shape index (κ2) is 6.49. The molecule has 0 radical (unpaired) electrons. The Bertz CT molecular complexity index is 314. The van der Waals surface area contributed by atoms with Crippen molar-refractivity contribution in [3.63, 3.8) is 0 Å². The van der Waals surface area contributed by atoms with E-state index in [0.29, 0.717) is 5.92 Å². The summed E-state index contributed by atoms with van der Waals surface area (Å²) in [4.78, 5) is 0. The Labute approximate surface area is 104 Å². The minimum absolute atomic E-state index is 0.199. The lowest BCUT2D eigenvalue weighted by Crippen LogP contribution is -2.06. The van der Waals surface area contributed by atoms with Crippen molar-refractivity contribution in [2.24, 2.45) is 5.92 Å². The molecule has 15 heavy (non-hydrogen) atoms. The summed E-state index contributed by atoms with van der Waals surface area (Å²) >= 11 is 9.12. The van der Waals surface area contributed by atoms with Crippen LogP contribution in [0.5, 0.6) is 0 Å². The van der Waals surface area contributed by atoms with Crippen molar-refractivity contribution in [2.45, 2.75) is 26.2 Å². The molecule has 0 amide bonds. The lowest BCUT2D eigenvalue weighted by molar-refractivity contribution is 0.531. The van der Waals surface area contributed by atoms with E-state index in [0.717, 1.165) is 30.2 Å². The van der Waals surface area contributed by atoms with E-state index in [9.17, 15) is 4.39 Å². The van der Waals surface area contributed by atoms with Crippen LogP contribution in [0.15, 0.2) is 18.2 Å². The highest BCUT2D eigenvalue weighted by molar-refractivity contribution is 9.09. The normalized spacial score (nSPS) is 12.8. The van der Waals surface area contributed by atoms with Gasteiger partial charge in [-0.05, 0) is 36.5 Å². The summed E-state index contributed by atoms with van der Waals surface area (Å²) in [5, 5.41) is 1.16. The van der Waals surface area contributed by atoms with Crippen molar-refractivity contribution in [3.05, 3.63) is 34.6 Å². The topological polar surface area (TPSA) is 0 Å². The summed E-state index contributed by atoms with van der Waals surface area (Å²) in [6.45, 7) is 2.16. The van der Waals surface area contributed by atoms with Crippen LogP contribution >= 0.6 is 27.5 Å². The van der Waals surface area contributed by atoms with E-state index in [1.807, 2.05) is 6.07 Å². The van der Waals surface area contributed by atoms with E-state index in [4.69, 9.17) is 11.6 Å². The van der Waals surface area contributed by atoms with Crippen molar-refractivity contribution in [1.29, 1.82) is 0 Å². The fourth-order valence-corrected chi connectivity index (χ4v) is 2.31. The molecule has 0 spiro atoms. The highest BCUT2D eigenvalue weighted by Crippen LogP contribution is 2.20. The quantitative estimate of drug-likeness (QED) is 0.682. The molecule has 1 aromatic carbocycles. The van der Waals surface area contributed by atoms with Gasteiger partial charge < -0.3 is 0 Å². The van der Waals surface area contributed by atoms with Crippen LogP contribution in [0.25, 0.3) is 0 Å². The minimum atomic E-state index is -0.320. The Hall–Kier alpha value is -0.0800. The number of alkyl halides is 1. The van der Waals surface area contributed by atoms with Gasteiger partial charge in [-0.25, -0.2) is 4.39 Å². The van der Waals surface area contributed by atoms with Crippen LogP contribution in [-0.4, -0.2) is 5.33 Å². The number of rotatable bonds is 5. The Morgan fingerprint density at radius 2 is 2.20 bits per heavy atom. The summed E-state index contributed by atoms with van der Waals surface area (Å²) in [7, 11) is 0. The SMILES string of the molecule is CCCC(CBr)Cc1ccc(Cl)c(F)c1. The molecule has 0 saturated heterocycles. The smallest absolute Gasteiger partial charge is 0.142 e. The Kier molecular flexibility index (Phi) is 5.62. The van der Waals surface area contributed by atoms with Gasteiger partial charge >= 0.3 is 0 Å². The summed E-state index contributed by atoms with van der Waals surface area (Å²) in [6.07, 6.45) is 3.23. The van der Waals surface area contributed by atoms with Crippen LogP contribution in [0.4, 0.5) is 4.39 Å². The molecule has 0 aliphatic carbocycles. The predicted molar refractivity (Wildman–Crippen MR) is 67.3 cm³/mol. The van der Waals surface area contributed by atoms with E-state index >= 15 is 0 Å². The third-order valence-electron chi connectivity index (χ3n) is 2.42. The largest absolute Gasteiger partial charge is 0.205 e. The zero-order chi connectivity index (χ0) is 11.3. The van der Waals surface area contributed by atoms with Gasteiger partial charge in [0.1, 0.15) is 5.82 Å². The molecule has 1 atom stereocenters. The fourth-order valence-electron chi connectivity index (χ4n) is 1.64. The van der Waals surface area contributed by atoms with E-state index in [2.05, 4.69) is 22.9 Å². The zero-order valence-corrected chi connectivity index (χ0v) is 11.1. The van der Waals surface area contributed by atoms with Gasteiger partial charge in [-0.3, -0.25) is 0 Å². The summed E-state index contributed by atoms with van der Waals surface area (Å²) in [5.41, 5.74) is 1.02. The van der Waals surface area contributed by atoms with Crippen molar-refractivity contribution in [2.75, 3.05) is 5.33 Å². The number of benzene rings is 1. The number of halogens is 3. The molecule has 0 fully saturated rings. The van der Waals surface area contributed by atoms with Gasteiger partial charge in [-0.1, -0.05) is 46.9 Å². The van der Waals surface area contributed by atoms with E-state index in [1.165, 1.54) is 6.07 Å². The molecule has 0 bridgehead atoms. The molecule has 0 aliphatic rings. The summed E-state index contributed by atoms with van der Waals surface area (Å²) in [5.74, 6) is 0.259. The van der Waals surface area contributed by atoms with Gasteiger partial charge in [0.15, 0.2) is 0 Å². The van der Waals surface area contributed by atoms with E-state index in [-0.39, 0.29) is 10.8 Å². The zero-order valence-electron chi connectivity index (χ0n) is 8.77. The molecule has 1 aromatic rings. The molecule has 0 N–H and O–H groups in total. The Morgan fingerprint density at radius 3 is 2.73 bits per heavy atom. The third-order valence-corrected chi connectivity index (χ3v) is 3.65. The van der Waals surface area contributed by atoms with Crippen LogP contribution < -0.4 is 0 Å². The maximum absolute atomic E-state index is 13.2. The molecule has 0 heterocycles. The van der Waals surface area contributed by atoms with Gasteiger partial charge in [-0.2, -0.15) is 0 Å². The molecular weight excluding hydrogens is 278 g/mol. The first-order valence-corrected chi connectivity index (χ1v) is 6.67. The first-order chi connectivity index (χ1) is 7.17. The average Bonchev–Trinajstić information content (AvgIpc) is 2.23. The number of hydrogen-bond acceptors (Lipinski definition) is 0. The van der Waals surface area contributed by atoms with Gasteiger partial charge in [0, 0.05) is 5.33 Å². The Balaban J connectivity index is 2.66. The van der Waals surface area contributed by atoms with Crippen LogP contribution in [0.1, 0.15) is 25.3 Å². The molecule has 0 nitrogen and oxygen atoms in total. The van der Waals surface area contributed by atoms with Crippen molar-refractivity contribution in [3.8, 4) is 0 Å². The van der Waals surface area contributed by atoms with Crippen LogP contribution in [0.2, 0.25) is 5.02 Å². The molecule has 0 saturated carbocycles. The van der Waals surface area contributed by atoms with Gasteiger partial charge in [0.05, 0.1) is 5.02 Å². The first kappa shape index (κ1) is 13.0. The van der Waals surface area contributed by atoms with Crippen molar-refractivity contribution in [1.82, 2.24) is 0 Å². The molecule has 0 aromatic heterocycles. The molecule has 1 rings (SSSR count). The van der Waals surface area contributed by atoms with Crippen molar-refractivity contribution >= 4 is 27.5 Å². The van der Waals surface area contributed by atoms with E-state index in [1.54, 1.807) is 6.07 Å². The van der Waals surface area contributed by atoms with Gasteiger partial charge in [-0.15, -0.1) is 0 Å². The maximum Gasteiger partial charge on any atom is 0.142 e. The number of hydrogen-bond donors (Lipinski definition) is 0. The predicted octanol–water partition coefficient (Wildman–Crippen LogP) is 4.83. The lowest BCUT2D eigenvalue weighted by atomic mass is 9.97. The van der Waals surface area contributed by atoms with Crippen molar-refractivity contribution < 1.29 is 4.39 Å².